The van der Waals surface area contributed by atoms with Crippen LogP contribution in [0, 0.1) is 0 Å². The van der Waals surface area contributed by atoms with Crippen molar-refractivity contribution in [2.45, 2.75) is 0 Å². The normalized spacial score (nSPS) is 9.86. The molecule has 2 nitrogen and oxygen atoms in total. The third-order valence-corrected chi connectivity index (χ3v) is 3.49. The molecule has 0 fully saturated rings. The number of hydrogen-bond acceptors (Lipinski definition) is 3. The van der Waals surface area contributed by atoms with Gasteiger partial charge in [-0.15, -0.1) is 0 Å². The van der Waals surface area contributed by atoms with Crippen LogP contribution >= 0.6 is 12.1 Å². The number of rotatable bonds is 1. The number of thiol groups is 1. The van der Waals surface area contributed by atoms with E-state index in [1.807, 2.05) is 0 Å². The fourth-order valence-corrected chi connectivity index (χ4v) is 0. The van der Waals surface area contributed by atoms with Crippen LogP contribution in [-0.4, -0.2) is 40.4 Å². The monoisotopic (exact) mass is 188 g/mol. The minimum atomic E-state index is -0.319. The highest BCUT2D eigenvalue weighted by Gasteiger charge is 1.55. The van der Waals surface area contributed by atoms with E-state index in [1.165, 1.54) is 0 Å². The molecule has 0 aliphatic rings. The molecule has 7 heteroatoms. The molecule has 0 unspecified atom stereocenters. The van der Waals surface area contributed by atoms with E-state index in [-0.39, 0.29) is 8.91 Å². The van der Waals surface area contributed by atoms with Crippen LogP contribution < -0.4 is 0 Å². The topological polar surface area (TPSA) is 18.5 Å². The van der Waals surface area contributed by atoms with E-state index in [0.717, 1.165) is 31.5 Å². The number of hydrogen-bond donors (Lipinski definition) is 1. The second-order valence-electron chi connectivity index (χ2n) is 0.826. The summed E-state index contributed by atoms with van der Waals surface area (Å²) in [7, 11) is 2.42. The Bertz CT molecular complexity index is 17.2. The predicted octanol–water partition coefficient (Wildman–Crippen LogP) is -4.22. The minimum Gasteiger partial charge on any atom is -0.471 e. The van der Waals surface area contributed by atoms with Crippen molar-refractivity contribution in [3.05, 3.63) is 0 Å². The third-order valence-electron chi connectivity index (χ3n) is 0.129. The van der Waals surface area contributed by atoms with Gasteiger partial charge in [0, 0.05) is 0 Å². The minimum absolute atomic E-state index is 0.319. The van der Waals surface area contributed by atoms with Gasteiger partial charge in [-0.05, 0) is 0 Å². The molecule has 0 aromatic heterocycles. The van der Waals surface area contributed by atoms with E-state index < -0.39 is 0 Å². The molecule has 0 aliphatic carbocycles. The molecule has 0 bridgehead atoms. The van der Waals surface area contributed by atoms with Gasteiger partial charge in [0.05, 0.1) is 0 Å². The summed E-state index contributed by atoms with van der Waals surface area (Å²) in [5.41, 5.74) is 0. The van der Waals surface area contributed by atoms with Gasteiger partial charge in [-0.2, -0.15) is 12.1 Å². The molecule has 0 rings (SSSR count). The van der Waals surface area contributed by atoms with Crippen molar-refractivity contribution in [1.29, 1.82) is 0 Å². The summed E-state index contributed by atoms with van der Waals surface area (Å²) in [4.78, 5) is 0. The predicted molar refractivity (Wildman–Crippen MR) is 49.5 cm³/mol. The smallest absolute Gasteiger partial charge is 0.206 e. The van der Waals surface area contributed by atoms with Crippen LogP contribution in [-0.2, 0) is 8.23 Å². The zero-order valence-corrected chi connectivity index (χ0v) is 13.3. The van der Waals surface area contributed by atoms with Crippen molar-refractivity contribution in [2.75, 3.05) is 0 Å². The largest absolute Gasteiger partial charge is 0.471 e. The molecule has 0 aromatic carbocycles. The Morgan fingerprint density at radius 1 is 1.29 bits per heavy atom. The quantitative estimate of drug-likeness (QED) is 0.332. The van der Waals surface area contributed by atoms with Gasteiger partial charge in [0.15, 0.2) is 0 Å². The third kappa shape index (κ3) is 41.2. The maximum atomic E-state index is 4.68. The molecule has 0 amide bonds. The first kappa shape index (κ1) is 11.0. The van der Waals surface area contributed by atoms with E-state index in [4.69, 9.17) is 0 Å². The second kappa shape index (κ2) is 15.7. The summed E-state index contributed by atoms with van der Waals surface area (Å²) >= 11 is 3.87. The van der Waals surface area contributed by atoms with Gasteiger partial charge in [0.25, 0.3) is 0 Å². The Hall–Kier alpha value is 1.14. The summed E-state index contributed by atoms with van der Waals surface area (Å²) in [5.74, 6) is 0. The molecular formula is H12O2SSi4. The highest BCUT2D eigenvalue weighted by Crippen LogP contribution is 1.58. The van der Waals surface area contributed by atoms with Gasteiger partial charge in [-0.3, -0.25) is 0 Å². The molecule has 46 valence electrons. The van der Waals surface area contributed by atoms with E-state index in [1.54, 1.807) is 0 Å². The highest BCUT2D eigenvalue weighted by molar-refractivity contribution is 8.06. The zero-order valence-electron chi connectivity index (χ0n) is 4.97. The van der Waals surface area contributed by atoms with Crippen LogP contribution in [0.25, 0.3) is 0 Å². The molecule has 7 heavy (non-hydrogen) atoms. The zero-order chi connectivity index (χ0) is 6.12. The lowest BCUT2D eigenvalue weighted by Gasteiger charge is -1.75. The van der Waals surface area contributed by atoms with Gasteiger partial charge in [-0.25, -0.2) is 0 Å². The Balaban J connectivity index is 0. The Kier molecular flexibility index (Phi) is 24.7. The van der Waals surface area contributed by atoms with Crippen molar-refractivity contribution in [3.63, 3.8) is 0 Å². The summed E-state index contributed by atoms with van der Waals surface area (Å²) in [6.45, 7) is 0. The molecule has 0 saturated carbocycles. The second-order valence-corrected chi connectivity index (χ2v) is 7.43. The van der Waals surface area contributed by atoms with Crippen molar-refractivity contribution in [3.8, 4) is 0 Å². The van der Waals surface area contributed by atoms with E-state index in [2.05, 4.69) is 20.3 Å². The summed E-state index contributed by atoms with van der Waals surface area (Å²) < 4.78 is 9.21. The summed E-state index contributed by atoms with van der Waals surface area (Å²) in [6, 6.07) is 0. The summed E-state index contributed by atoms with van der Waals surface area (Å²) in [5, 5.41) is 0. The standard InChI is InChI=1S/H6OSSi2.H6OSi2/c2-4-1-3;2-1-3/h2H,4H2,3H3;2-3H3. The fraction of sp³-hybridized carbons (Fsp3) is 0. The lowest BCUT2D eigenvalue weighted by molar-refractivity contribution is 0.685. The first-order chi connectivity index (χ1) is 3.33. The Morgan fingerprint density at radius 2 is 1.43 bits per heavy atom. The molecule has 0 atom stereocenters. The SMILES string of the molecule is [SiH3]O[SiH2]S.[SiH3]O[SiH3]. The van der Waals surface area contributed by atoms with Crippen LogP contribution in [0.2, 0.25) is 0 Å². The first-order valence-electron chi connectivity index (χ1n) is 1.83. The molecule has 0 aliphatic heterocycles. The fourth-order valence-electron chi connectivity index (χ4n) is 0. The van der Waals surface area contributed by atoms with Crippen molar-refractivity contribution in [2.24, 2.45) is 0 Å². The molecule has 0 radical (unpaired) electrons. The van der Waals surface area contributed by atoms with E-state index in [0.29, 0.717) is 0 Å². The average Bonchev–Trinajstić information content (AvgIpc) is 1.69. The maximum Gasteiger partial charge on any atom is 0.206 e. The molecule has 0 spiro atoms. The molecule has 0 aromatic rings. The lowest BCUT2D eigenvalue weighted by Crippen LogP contribution is -1.79. The highest BCUT2D eigenvalue weighted by atomic mass is 32.3. The van der Waals surface area contributed by atoms with Gasteiger partial charge < -0.3 is 8.23 Å². The van der Waals surface area contributed by atoms with Gasteiger partial charge >= 0.3 is 0 Å². The maximum absolute atomic E-state index is 4.68. The van der Waals surface area contributed by atoms with Crippen LogP contribution in [0.3, 0.4) is 0 Å². The van der Waals surface area contributed by atoms with Crippen LogP contribution in [0.15, 0.2) is 0 Å². The molecular weight excluding hydrogens is 176 g/mol. The van der Waals surface area contributed by atoms with Crippen LogP contribution in [0.4, 0.5) is 0 Å². The average molecular weight is 189 g/mol. The van der Waals surface area contributed by atoms with Crippen molar-refractivity contribution < 1.29 is 8.23 Å². The van der Waals surface area contributed by atoms with Gasteiger partial charge in [-0.1, -0.05) is 0 Å². The van der Waals surface area contributed by atoms with E-state index >= 15 is 0 Å². The molecule has 0 N–H and O–H groups in total. The van der Waals surface area contributed by atoms with Crippen LogP contribution in [0.1, 0.15) is 0 Å². The van der Waals surface area contributed by atoms with Crippen molar-refractivity contribution >= 4 is 52.4 Å². The lowest BCUT2D eigenvalue weighted by atomic mass is 15.8. The molecule has 0 heterocycles. The molecule has 0 saturated heterocycles. The Labute approximate surface area is 61.0 Å². The van der Waals surface area contributed by atoms with Gasteiger partial charge in [0.1, 0.15) is 31.5 Å². The Morgan fingerprint density at radius 3 is 1.43 bits per heavy atom. The van der Waals surface area contributed by atoms with E-state index in [9.17, 15) is 0 Å². The van der Waals surface area contributed by atoms with Crippen molar-refractivity contribution in [1.82, 2.24) is 0 Å². The van der Waals surface area contributed by atoms with Crippen LogP contribution in [0.5, 0.6) is 0 Å². The summed E-state index contributed by atoms with van der Waals surface area (Å²) in [6.07, 6.45) is 0. The van der Waals surface area contributed by atoms with Gasteiger partial charge in [0.2, 0.25) is 8.91 Å². The first-order valence-corrected chi connectivity index (χ1v) is 7.39.